The van der Waals surface area contributed by atoms with Crippen LogP contribution in [0.2, 0.25) is 0 Å². The van der Waals surface area contributed by atoms with E-state index in [1.165, 1.54) is 6.07 Å². The van der Waals surface area contributed by atoms with Crippen LogP contribution in [0.4, 0.5) is 3.89 Å². The largest absolute Gasteiger partial charge is 0.332 e. The van der Waals surface area contributed by atoms with Gasteiger partial charge in [0.25, 0.3) is 0 Å². The lowest BCUT2D eigenvalue weighted by atomic mass is 10.0. The lowest BCUT2D eigenvalue weighted by molar-refractivity contribution is 0.551. The summed E-state index contributed by atoms with van der Waals surface area (Å²) in [7, 11) is -4.61. The van der Waals surface area contributed by atoms with Crippen LogP contribution >= 0.6 is 15.9 Å². The molecule has 1 aromatic rings. The van der Waals surface area contributed by atoms with Gasteiger partial charge < -0.3 is 0 Å². The standard InChI is InChI=1S/C10H10BrFO2S/c1-6-7-3-2-4-8(7)9(11)5-10(6)15(12,13)14/h5H,2-4H2,1H3. The van der Waals surface area contributed by atoms with Crippen LogP contribution in [0.1, 0.15) is 23.1 Å². The molecule has 0 saturated carbocycles. The second kappa shape index (κ2) is 3.56. The van der Waals surface area contributed by atoms with Crippen molar-refractivity contribution in [3.8, 4) is 0 Å². The maximum absolute atomic E-state index is 13.0. The van der Waals surface area contributed by atoms with Crippen LogP contribution in [0.3, 0.4) is 0 Å². The molecule has 0 spiro atoms. The van der Waals surface area contributed by atoms with E-state index in [2.05, 4.69) is 15.9 Å². The zero-order chi connectivity index (χ0) is 11.2. The van der Waals surface area contributed by atoms with Gasteiger partial charge in [-0.25, -0.2) is 0 Å². The smallest absolute Gasteiger partial charge is 0.189 e. The van der Waals surface area contributed by atoms with Gasteiger partial charge in [-0.15, -0.1) is 3.89 Å². The van der Waals surface area contributed by atoms with Crippen molar-refractivity contribution in [2.45, 2.75) is 31.1 Å². The van der Waals surface area contributed by atoms with Crippen molar-refractivity contribution in [3.63, 3.8) is 0 Å². The second-order valence-electron chi connectivity index (χ2n) is 3.73. The monoisotopic (exact) mass is 292 g/mol. The number of fused-ring (bicyclic) bond motifs is 1. The molecule has 1 aromatic carbocycles. The lowest BCUT2D eigenvalue weighted by Gasteiger charge is -2.09. The Labute approximate surface area is 96.8 Å². The molecule has 0 aromatic heterocycles. The summed E-state index contributed by atoms with van der Waals surface area (Å²) < 4.78 is 35.5. The van der Waals surface area contributed by atoms with Gasteiger partial charge in [0.2, 0.25) is 0 Å². The molecule has 82 valence electrons. The van der Waals surface area contributed by atoms with Crippen molar-refractivity contribution in [1.29, 1.82) is 0 Å². The van der Waals surface area contributed by atoms with E-state index in [0.717, 1.165) is 30.4 Å². The molecule has 0 N–H and O–H groups in total. The Balaban J connectivity index is 2.76. The van der Waals surface area contributed by atoms with Crippen molar-refractivity contribution in [2.75, 3.05) is 0 Å². The highest BCUT2D eigenvalue weighted by Crippen LogP contribution is 2.35. The van der Waals surface area contributed by atoms with E-state index >= 15 is 0 Å². The molecule has 0 radical (unpaired) electrons. The fourth-order valence-electron chi connectivity index (χ4n) is 2.13. The van der Waals surface area contributed by atoms with Crippen LogP contribution in [-0.4, -0.2) is 8.42 Å². The maximum atomic E-state index is 13.0. The fourth-order valence-corrected chi connectivity index (χ4v) is 3.70. The van der Waals surface area contributed by atoms with E-state index < -0.39 is 10.2 Å². The second-order valence-corrected chi connectivity index (χ2v) is 5.90. The first-order chi connectivity index (χ1) is 6.91. The molecule has 0 atom stereocenters. The Morgan fingerprint density at radius 2 is 1.93 bits per heavy atom. The summed E-state index contributed by atoms with van der Waals surface area (Å²) in [6.07, 6.45) is 2.77. The van der Waals surface area contributed by atoms with Gasteiger partial charge in [-0.1, -0.05) is 15.9 Å². The van der Waals surface area contributed by atoms with E-state index in [-0.39, 0.29) is 4.90 Å². The zero-order valence-corrected chi connectivity index (χ0v) is 10.6. The van der Waals surface area contributed by atoms with Crippen molar-refractivity contribution in [3.05, 3.63) is 27.2 Å². The first-order valence-electron chi connectivity index (χ1n) is 4.67. The highest BCUT2D eigenvalue weighted by Gasteiger charge is 2.24. The van der Waals surface area contributed by atoms with Crippen LogP contribution in [-0.2, 0) is 23.1 Å². The molecule has 0 bridgehead atoms. The molecule has 0 aliphatic heterocycles. The van der Waals surface area contributed by atoms with Crippen LogP contribution in [0.5, 0.6) is 0 Å². The third kappa shape index (κ3) is 1.83. The van der Waals surface area contributed by atoms with Gasteiger partial charge >= 0.3 is 10.2 Å². The minimum atomic E-state index is -4.61. The molecule has 0 amide bonds. The number of hydrogen-bond acceptors (Lipinski definition) is 2. The summed E-state index contributed by atoms with van der Waals surface area (Å²) in [5.74, 6) is 0. The molecule has 1 aliphatic rings. The first-order valence-corrected chi connectivity index (χ1v) is 6.84. The highest BCUT2D eigenvalue weighted by molar-refractivity contribution is 9.10. The summed E-state index contributed by atoms with van der Waals surface area (Å²) in [6.45, 7) is 1.67. The van der Waals surface area contributed by atoms with Crippen molar-refractivity contribution >= 4 is 26.2 Å². The predicted molar refractivity (Wildman–Crippen MR) is 59.2 cm³/mol. The van der Waals surface area contributed by atoms with Crippen molar-refractivity contribution < 1.29 is 12.3 Å². The van der Waals surface area contributed by atoms with E-state index in [1.54, 1.807) is 6.92 Å². The van der Waals surface area contributed by atoms with Gasteiger partial charge in [-0.2, -0.15) is 8.42 Å². The predicted octanol–water partition coefficient (Wildman–Crippen LogP) is 2.90. The number of hydrogen-bond donors (Lipinski definition) is 0. The average Bonchev–Trinajstić information content (AvgIpc) is 2.58. The Kier molecular flexibility index (Phi) is 2.63. The van der Waals surface area contributed by atoms with Gasteiger partial charge in [0.1, 0.15) is 4.90 Å². The van der Waals surface area contributed by atoms with Crippen LogP contribution in [0.25, 0.3) is 0 Å². The number of halogens is 2. The van der Waals surface area contributed by atoms with E-state index in [1.807, 2.05) is 0 Å². The SMILES string of the molecule is Cc1c(S(=O)(=O)F)cc(Br)c2c1CCC2. The van der Waals surface area contributed by atoms with Crippen LogP contribution < -0.4 is 0 Å². The highest BCUT2D eigenvalue weighted by atomic mass is 79.9. The van der Waals surface area contributed by atoms with E-state index in [4.69, 9.17) is 0 Å². The van der Waals surface area contributed by atoms with Gasteiger partial charge in [0, 0.05) is 4.47 Å². The molecular formula is C10H10BrFO2S. The zero-order valence-electron chi connectivity index (χ0n) is 8.18. The minimum absolute atomic E-state index is 0.199. The fraction of sp³-hybridized carbons (Fsp3) is 0.400. The van der Waals surface area contributed by atoms with Gasteiger partial charge in [-0.05, 0) is 48.9 Å². The summed E-state index contributed by atoms with van der Waals surface area (Å²) in [5.41, 5.74) is 2.67. The number of benzene rings is 1. The Morgan fingerprint density at radius 3 is 2.53 bits per heavy atom. The summed E-state index contributed by atoms with van der Waals surface area (Å²) >= 11 is 3.29. The summed E-state index contributed by atoms with van der Waals surface area (Å²) in [4.78, 5) is -0.199. The summed E-state index contributed by atoms with van der Waals surface area (Å²) in [6, 6.07) is 1.37. The molecule has 15 heavy (non-hydrogen) atoms. The molecular weight excluding hydrogens is 283 g/mol. The lowest BCUT2D eigenvalue weighted by Crippen LogP contribution is -2.00. The minimum Gasteiger partial charge on any atom is -0.189 e. The number of rotatable bonds is 1. The Hall–Kier alpha value is -0.420. The molecule has 0 fully saturated rings. The molecule has 0 unspecified atom stereocenters. The molecule has 2 nitrogen and oxygen atoms in total. The van der Waals surface area contributed by atoms with Crippen LogP contribution in [0.15, 0.2) is 15.4 Å². The normalized spacial score (nSPS) is 15.4. The van der Waals surface area contributed by atoms with Gasteiger partial charge in [-0.3, -0.25) is 0 Å². The Bertz CT molecular complexity index is 523. The van der Waals surface area contributed by atoms with Crippen LogP contribution in [0, 0.1) is 6.92 Å². The quantitative estimate of drug-likeness (QED) is 0.746. The topological polar surface area (TPSA) is 34.1 Å². The average molecular weight is 293 g/mol. The van der Waals surface area contributed by atoms with E-state index in [0.29, 0.717) is 10.0 Å². The molecule has 0 saturated heterocycles. The summed E-state index contributed by atoms with van der Waals surface area (Å²) in [5, 5.41) is 0. The molecule has 1 aliphatic carbocycles. The van der Waals surface area contributed by atoms with Gasteiger partial charge in [0.15, 0.2) is 0 Å². The van der Waals surface area contributed by atoms with Crippen molar-refractivity contribution in [2.24, 2.45) is 0 Å². The Morgan fingerprint density at radius 1 is 1.33 bits per heavy atom. The molecule has 2 rings (SSSR count). The molecule has 5 heteroatoms. The van der Waals surface area contributed by atoms with Crippen molar-refractivity contribution in [1.82, 2.24) is 0 Å². The van der Waals surface area contributed by atoms with E-state index in [9.17, 15) is 12.3 Å². The molecule has 0 heterocycles. The maximum Gasteiger partial charge on any atom is 0.332 e. The third-order valence-corrected chi connectivity index (χ3v) is 4.51. The third-order valence-electron chi connectivity index (χ3n) is 2.85. The van der Waals surface area contributed by atoms with Gasteiger partial charge in [0.05, 0.1) is 0 Å². The first kappa shape index (κ1) is 11.1.